The van der Waals surface area contributed by atoms with E-state index in [9.17, 15) is 0 Å². The maximum atomic E-state index is 8.82. The number of nitrogens with one attached hydrogen (secondary N) is 1. The Morgan fingerprint density at radius 1 is 1.53 bits per heavy atom. The van der Waals surface area contributed by atoms with Gasteiger partial charge in [-0.1, -0.05) is 18.5 Å². The molecule has 0 bridgehead atoms. The molecule has 0 saturated carbocycles. The number of halogens is 1. The Morgan fingerprint density at radius 3 is 3.00 bits per heavy atom. The molecule has 0 fully saturated rings. The van der Waals surface area contributed by atoms with Crippen molar-refractivity contribution >= 4 is 23.4 Å². The Hall–Kier alpha value is -1.51. The molecule has 2 heterocycles. The number of aromatic amines is 1. The van der Waals surface area contributed by atoms with Gasteiger partial charge in [0.25, 0.3) is 0 Å². The molecule has 17 heavy (non-hydrogen) atoms. The summed E-state index contributed by atoms with van der Waals surface area (Å²) >= 11 is 7.18. The molecule has 0 aliphatic heterocycles. The minimum absolute atomic E-state index is 0.235. The second kappa shape index (κ2) is 5.21. The van der Waals surface area contributed by atoms with Gasteiger partial charge in [-0.25, -0.2) is 9.97 Å². The van der Waals surface area contributed by atoms with Crippen LogP contribution in [0.1, 0.15) is 18.3 Å². The number of H-pyrrole nitrogens is 1. The molecule has 2 aromatic rings. The summed E-state index contributed by atoms with van der Waals surface area (Å²) in [6, 6.07) is 5.38. The van der Waals surface area contributed by atoms with Crippen molar-refractivity contribution < 1.29 is 0 Å². The first-order chi connectivity index (χ1) is 8.22. The summed E-state index contributed by atoms with van der Waals surface area (Å²) in [5.41, 5.74) is 1.31. The summed E-state index contributed by atoms with van der Waals surface area (Å²) in [6.45, 7) is 2.05. The number of nitrogens with zero attached hydrogens (tertiary/aromatic N) is 3. The van der Waals surface area contributed by atoms with Crippen molar-refractivity contribution in [1.29, 1.82) is 5.26 Å². The molecule has 0 saturated heterocycles. The number of hydrogen-bond donors (Lipinski definition) is 1. The van der Waals surface area contributed by atoms with Gasteiger partial charge in [-0.15, -0.1) is 0 Å². The van der Waals surface area contributed by atoms with Crippen molar-refractivity contribution in [2.75, 3.05) is 0 Å². The van der Waals surface area contributed by atoms with Crippen LogP contribution in [0.5, 0.6) is 0 Å². The van der Waals surface area contributed by atoms with Gasteiger partial charge in [0.15, 0.2) is 10.9 Å². The minimum Gasteiger partial charge on any atom is -0.337 e. The van der Waals surface area contributed by atoms with Crippen LogP contribution in [0.2, 0.25) is 5.02 Å². The second-order valence-corrected chi connectivity index (χ2v) is 4.68. The molecule has 2 rings (SSSR count). The van der Waals surface area contributed by atoms with E-state index in [1.165, 1.54) is 11.8 Å². The summed E-state index contributed by atoms with van der Waals surface area (Å²) < 4.78 is 0. The number of rotatable bonds is 3. The van der Waals surface area contributed by atoms with Crippen molar-refractivity contribution in [3.8, 4) is 6.07 Å². The lowest BCUT2D eigenvalue weighted by atomic mass is 10.4. The molecule has 0 aliphatic rings. The van der Waals surface area contributed by atoms with Gasteiger partial charge in [-0.2, -0.15) is 5.26 Å². The average molecular weight is 265 g/mol. The van der Waals surface area contributed by atoms with E-state index in [4.69, 9.17) is 16.9 Å². The Labute approximate surface area is 108 Å². The van der Waals surface area contributed by atoms with E-state index in [1.807, 2.05) is 6.07 Å². The van der Waals surface area contributed by atoms with Crippen LogP contribution < -0.4 is 0 Å². The summed E-state index contributed by atoms with van der Waals surface area (Å²) in [7, 11) is 0. The third-order valence-electron chi connectivity index (χ3n) is 2.11. The Bertz CT molecular complexity index is 573. The van der Waals surface area contributed by atoms with E-state index in [2.05, 4.69) is 21.9 Å². The number of imidazole rings is 1. The maximum absolute atomic E-state index is 8.82. The van der Waals surface area contributed by atoms with Crippen LogP contribution in [0.3, 0.4) is 0 Å². The van der Waals surface area contributed by atoms with E-state index < -0.39 is 0 Å². The van der Waals surface area contributed by atoms with E-state index >= 15 is 0 Å². The highest BCUT2D eigenvalue weighted by atomic mass is 35.5. The smallest absolute Gasteiger partial charge is 0.171 e. The van der Waals surface area contributed by atoms with Crippen molar-refractivity contribution in [2.24, 2.45) is 0 Å². The zero-order chi connectivity index (χ0) is 12.3. The SMILES string of the molecule is CCc1cnc(Sc2ccc(Cl)c(C#N)n2)[nH]1. The predicted octanol–water partition coefficient (Wildman–Crippen LogP) is 3.04. The highest BCUT2D eigenvalue weighted by molar-refractivity contribution is 7.99. The first kappa shape index (κ1) is 12.0. The van der Waals surface area contributed by atoms with Gasteiger partial charge in [0.2, 0.25) is 0 Å². The third kappa shape index (κ3) is 2.78. The monoisotopic (exact) mass is 264 g/mol. The molecule has 0 unspecified atom stereocenters. The van der Waals surface area contributed by atoms with Gasteiger partial charge in [-0.05, 0) is 30.3 Å². The molecule has 4 nitrogen and oxygen atoms in total. The lowest BCUT2D eigenvalue weighted by Crippen LogP contribution is -1.87. The molecule has 0 aromatic carbocycles. The van der Waals surface area contributed by atoms with Crippen LogP contribution in [-0.2, 0) is 6.42 Å². The van der Waals surface area contributed by atoms with Gasteiger partial charge in [0, 0.05) is 11.9 Å². The molecular formula is C11H9ClN4S. The first-order valence-electron chi connectivity index (χ1n) is 5.01. The quantitative estimate of drug-likeness (QED) is 0.925. The van der Waals surface area contributed by atoms with E-state index in [1.54, 1.807) is 18.3 Å². The van der Waals surface area contributed by atoms with Crippen LogP contribution in [0, 0.1) is 11.3 Å². The fourth-order valence-corrected chi connectivity index (χ4v) is 2.13. The predicted molar refractivity (Wildman–Crippen MR) is 66.1 cm³/mol. The Morgan fingerprint density at radius 2 is 2.35 bits per heavy atom. The van der Waals surface area contributed by atoms with Gasteiger partial charge >= 0.3 is 0 Å². The average Bonchev–Trinajstić information content (AvgIpc) is 2.79. The number of pyridine rings is 1. The standard InChI is InChI=1S/C11H9ClN4S/c1-2-7-6-14-11(15-7)17-10-4-3-8(12)9(5-13)16-10/h3-4,6H,2H2,1H3,(H,14,15). The first-order valence-corrected chi connectivity index (χ1v) is 6.20. The zero-order valence-corrected chi connectivity index (χ0v) is 10.6. The summed E-state index contributed by atoms with van der Waals surface area (Å²) in [4.78, 5) is 11.5. The number of hydrogen-bond acceptors (Lipinski definition) is 4. The van der Waals surface area contributed by atoms with Crippen LogP contribution in [0.4, 0.5) is 0 Å². The maximum Gasteiger partial charge on any atom is 0.171 e. The highest BCUT2D eigenvalue weighted by Gasteiger charge is 2.06. The molecule has 2 aromatic heterocycles. The molecule has 86 valence electrons. The molecule has 1 N–H and O–H groups in total. The lowest BCUT2D eigenvalue weighted by molar-refractivity contribution is 0.986. The lowest BCUT2D eigenvalue weighted by Gasteiger charge is -1.99. The molecule has 0 aliphatic carbocycles. The van der Waals surface area contributed by atoms with E-state index in [0.717, 1.165) is 17.3 Å². The molecule has 0 radical (unpaired) electrons. The minimum atomic E-state index is 0.235. The second-order valence-electron chi connectivity index (χ2n) is 3.26. The van der Waals surface area contributed by atoms with Crippen molar-refractivity contribution in [3.63, 3.8) is 0 Å². The third-order valence-corrected chi connectivity index (χ3v) is 3.26. The molecule has 0 atom stereocenters. The number of nitriles is 1. The summed E-state index contributed by atoms with van der Waals surface area (Å²) in [5.74, 6) is 0. The zero-order valence-electron chi connectivity index (χ0n) is 9.07. The summed E-state index contributed by atoms with van der Waals surface area (Å²) in [6.07, 6.45) is 2.70. The molecule has 0 amide bonds. The van der Waals surface area contributed by atoms with Crippen LogP contribution in [0.25, 0.3) is 0 Å². The fraction of sp³-hybridized carbons (Fsp3) is 0.182. The van der Waals surface area contributed by atoms with E-state index in [0.29, 0.717) is 10.0 Å². The normalized spacial score (nSPS) is 10.2. The van der Waals surface area contributed by atoms with Crippen LogP contribution in [-0.4, -0.2) is 15.0 Å². The topological polar surface area (TPSA) is 65.4 Å². The van der Waals surface area contributed by atoms with E-state index in [-0.39, 0.29) is 5.69 Å². The molecule has 0 spiro atoms. The number of aryl methyl sites for hydroxylation is 1. The largest absolute Gasteiger partial charge is 0.337 e. The van der Waals surface area contributed by atoms with Gasteiger partial charge in [0.05, 0.1) is 5.02 Å². The van der Waals surface area contributed by atoms with Gasteiger partial charge in [0.1, 0.15) is 11.1 Å². The molecular weight excluding hydrogens is 256 g/mol. The van der Waals surface area contributed by atoms with Crippen LogP contribution in [0.15, 0.2) is 28.5 Å². The van der Waals surface area contributed by atoms with Gasteiger partial charge < -0.3 is 4.98 Å². The van der Waals surface area contributed by atoms with Crippen LogP contribution >= 0.6 is 23.4 Å². The molecule has 6 heteroatoms. The Balaban J connectivity index is 2.21. The van der Waals surface area contributed by atoms with Gasteiger partial charge in [-0.3, -0.25) is 0 Å². The number of aromatic nitrogens is 3. The van der Waals surface area contributed by atoms with Crippen molar-refractivity contribution in [3.05, 3.63) is 34.7 Å². The Kier molecular flexibility index (Phi) is 3.67. The van der Waals surface area contributed by atoms with Crippen molar-refractivity contribution in [1.82, 2.24) is 15.0 Å². The fourth-order valence-electron chi connectivity index (χ4n) is 1.23. The summed E-state index contributed by atoms with van der Waals surface area (Å²) in [5, 5.41) is 10.6. The van der Waals surface area contributed by atoms with Crippen molar-refractivity contribution in [2.45, 2.75) is 23.5 Å². The highest BCUT2D eigenvalue weighted by Crippen LogP contribution is 2.25.